The van der Waals surface area contributed by atoms with Crippen molar-refractivity contribution in [3.8, 4) is 5.75 Å². The Bertz CT molecular complexity index is 1080. The van der Waals surface area contributed by atoms with Crippen LogP contribution in [0.3, 0.4) is 0 Å². The van der Waals surface area contributed by atoms with Crippen molar-refractivity contribution in [2.75, 3.05) is 0 Å². The fourth-order valence-corrected chi connectivity index (χ4v) is 3.41. The number of hydrazone groups is 1. The first-order valence-electron chi connectivity index (χ1n) is 8.52. The predicted molar refractivity (Wildman–Crippen MR) is 111 cm³/mol. The molecule has 3 aromatic rings. The maximum absolute atomic E-state index is 12.3. The van der Waals surface area contributed by atoms with Gasteiger partial charge in [-0.1, -0.05) is 59.6 Å². The van der Waals surface area contributed by atoms with Crippen LogP contribution in [0.25, 0.3) is 0 Å². The molecule has 0 radical (unpaired) electrons. The van der Waals surface area contributed by atoms with Crippen molar-refractivity contribution >= 4 is 27.8 Å². The lowest BCUT2D eigenvalue weighted by Gasteiger charge is -2.10. The van der Waals surface area contributed by atoms with Crippen LogP contribution in [-0.4, -0.2) is 14.6 Å². The molecule has 0 saturated carbocycles. The second-order valence-electron chi connectivity index (χ2n) is 6.08. The summed E-state index contributed by atoms with van der Waals surface area (Å²) in [5.41, 5.74) is 2.48. The number of benzene rings is 3. The van der Waals surface area contributed by atoms with Crippen LogP contribution in [0, 0.1) is 6.92 Å². The number of aryl methyl sites for hydroxylation is 1. The maximum Gasteiger partial charge on any atom is 0.276 e. The van der Waals surface area contributed by atoms with Crippen molar-refractivity contribution in [3.05, 3.63) is 94.5 Å². The first-order valence-corrected chi connectivity index (χ1v) is 10.4. The molecule has 0 unspecified atom stereocenters. The first-order chi connectivity index (χ1) is 13.5. The first kappa shape index (κ1) is 19.9. The van der Waals surface area contributed by atoms with Crippen LogP contribution in [-0.2, 0) is 16.6 Å². The Hall–Kier alpha value is -2.83. The van der Waals surface area contributed by atoms with E-state index in [1.54, 1.807) is 30.3 Å². The molecule has 0 aliphatic heterocycles. The van der Waals surface area contributed by atoms with Crippen molar-refractivity contribution in [1.29, 1.82) is 0 Å². The molecule has 5 nitrogen and oxygen atoms in total. The van der Waals surface area contributed by atoms with Gasteiger partial charge in [0.05, 0.1) is 11.1 Å². The third kappa shape index (κ3) is 5.12. The minimum Gasteiger partial charge on any atom is -0.488 e. The average molecular weight is 415 g/mol. The van der Waals surface area contributed by atoms with Gasteiger partial charge in [-0.15, -0.1) is 0 Å². The van der Waals surface area contributed by atoms with E-state index < -0.39 is 10.0 Å². The molecule has 0 atom stereocenters. The van der Waals surface area contributed by atoms with Crippen molar-refractivity contribution in [2.45, 2.75) is 18.4 Å². The molecule has 0 saturated heterocycles. The van der Waals surface area contributed by atoms with Gasteiger partial charge in [0.2, 0.25) is 0 Å². The summed E-state index contributed by atoms with van der Waals surface area (Å²) < 4.78 is 30.4. The van der Waals surface area contributed by atoms with E-state index >= 15 is 0 Å². The standard InChI is InChI=1S/C21H19ClN2O3S/c1-16-10-12-19(13-11-16)28(25,26)24-23-14-17-6-3-5-9-21(17)27-15-18-7-2-4-8-20(18)22/h2-14,24H,15H2,1H3. The van der Waals surface area contributed by atoms with Gasteiger partial charge >= 0.3 is 0 Å². The fraction of sp³-hybridized carbons (Fsp3) is 0.0952. The molecule has 7 heteroatoms. The maximum atomic E-state index is 12.3. The van der Waals surface area contributed by atoms with Gasteiger partial charge in [0.15, 0.2) is 0 Å². The highest BCUT2D eigenvalue weighted by molar-refractivity contribution is 7.89. The van der Waals surface area contributed by atoms with Crippen LogP contribution in [0.5, 0.6) is 5.75 Å². The van der Waals surface area contributed by atoms with Crippen LogP contribution in [0.1, 0.15) is 16.7 Å². The summed E-state index contributed by atoms with van der Waals surface area (Å²) in [5.74, 6) is 0.570. The van der Waals surface area contributed by atoms with Crippen molar-refractivity contribution < 1.29 is 13.2 Å². The van der Waals surface area contributed by atoms with E-state index in [2.05, 4.69) is 9.93 Å². The fourth-order valence-electron chi connectivity index (χ4n) is 2.42. The average Bonchev–Trinajstić information content (AvgIpc) is 2.68. The molecule has 28 heavy (non-hydrogen) atoms. The zero-order chi connectivity index (χ0) is 20.0. The summed E-state index contributed by atoms with van der Waals surface area (Å²) in [7, 11) is -3.73. The van der Waals surface area contributed by atoms with Gasteiger partial charge in [-0.2, -0.15) is 13.5 Å². The van der Waals surface area contributed by atoms with Crippen LogP contribution in [0.2, 0.25) is 5.02 Å². The Morgan fingerprint density at radius 2 is 1.68 bits per heavy atom. The summed E-state index contributed by atoms with van der Waals surface area (Å²) in [4.78, 5) is 2.37. The number of halogens is 1. The molecular formula is C21H19ClN2O3S. The molecule has 144 valence electrons. The summed E-state index contributed by atoms with van der Waals surface area (Å²) >= 11 is 6.15. The van der Waals surface area contributed by atoms with E-state index in [0.29, 0.717) is 22.9 Å². The smallest absolute Gasteiger partial charge is 0.276 e. The van der Waals surface area contributed by atoms with Gasteiger partial charge in [0.1, 0.15) is 12.4 Å². The monoisotopic (exact) mass is 414 g/mol. The summed E-state index contributed by atoms with van der Waals surface area (Å²) in [6.07, 6.45) is 1.41. The normalized spacial score (nSPS) is 11.5. The SMILES string of the molecule is Cc1ccc(S(=O)(=O)NN=Cc2ccccc2OCc2ccccc2Cl)cc1. The quantitative estimate of drug-likeness (QED) is 0.456. The number of sulfonamides is 1. The lowest BCUT2D eigenvalue weighted by Crippen LogP contribution is -2.18. The number of hydrogen-bond acceptors (Lipinski definition) is 4. The molecule has 0 fully saturated rings. The molecule has 0 aliphatic rings. The summed E-state index contributed by atoms with van der Waals surface area (Å²) in [6.45, 7) is 2.18. The Kier molecular flexibility index (Phi) is 6.34. The molecule has 3 rings (SSSR count). The van der Waals surface area contributed by atoms with Crippen LogP contribution in [0.4, 0.5) is 0 Å². The van der Waals surface area contributed by atoms with Gasteiger partial charge in [-0.25, -0.2) is 4.83 Å². The van der Waals surface area contributed by atoms with Crippen LogP contribution < -0.4 is 9.57 Å². The molecule has 0 amide bonds. The second kappa shape index (κ2) is 8.91. The van der Waals surface area contributed by atoms with E-state index in [1.165, 1.54) is 18.3 Å². The van der Waals surface area contributed by atoms with E-state index in [-0.39, 0.29) is 4.90 Å². The van der Waals surface area contributed by atoms with E-state index in [4.69, 9.17) is 16.3 Å². The van der Waals surface area contributed by atoms with Gasteiger partial charge in [0.25, 0.3) is 10.0 Å². The summed E-state index contributed by atoms with van der Waals surface area (Å²) in [6, 6.07) is 21.2. The minimum absolute atomic E-state index is 0.151. The zero-order valence-electron chi connectivity index (χ0n) is 15.2. The van der Waals surface area contributed by atoms with Crippen molar-refractivity contribution in [2.24, 2.45) is 5.10 Å². The number of rotatable bonds is 7. The van der Waals surface area contributed by atoms with E-state index in [1.807, 2.05) is 37.3 Å². The van der Waals surface area contributed by atoms with E-state index in [0.717, 1.165) is 11.1 Å². The van der Waals surface area contributed by atoms with Crippen LogP contribution in [0.15, 0.2) is 82.8 Å². The number of nitrogens with zero attached hydrogens (tertiary/aromatic N) is 1. The van der Waals surface area contributed by atoms with Gasteiger partial charge in [0, 0.05) is 16.1 Å². The number of hydrogen-bond donors (Lipinski definition) is 1. The summed E-state index contributed by atoms with van der Waals surface area (Å²) in [5, 5.41) is 4.50. The third-order valence-electron chi connectivity index (χ3n) is 3.97. The Balaban J connectivity index is 1.70. The molecule has 0 aromatic heterocycles. The molecule has 0 bridgehead atoms. The van der Waals surface area contributed by atoms with Crippen LogP contribution >= 0.6 is 11.6 Å². The third-order valence-corrected chi connectivity index (χ3v) is 5.58. The highest BCUT2D eigenvalue weighted by Crippen LogP contribution is 2.21. The highest BCUT2D eigenvalue weighted by atomic mass is 35.5. The zero-order valence-corrected chi connectivity index (χ0v) is 16.7. The lowest BCUT2D eigenvalue weighted by atomic mass is 10.2. The second-order valence-corrected chi connectivity index (χ2v) is 8.15. The lowest BCUT2D eigenvalue weighted by molar-refractivity contribution is 0.306. The van der Waals surface area contributed by atoms with Gasteiger partial charge < -0.3 is 4.74 Å². The van der Waals surface area contributed by atoms with Crippen molar-refractivity contribution in [1.82, 2.24) is 4.83 Å². The van der Waals surface area contributed by atoms with E-state index in [9.17, 15) is 8.42 Å². The topological polar surface area (TPSA) is 67.8 Å². The number of para-hydroxylation sites is 1. The molecule has 0 spiro atoms. The highest BCUT2D eigenvalue weighted by Gasteiger charge is 2.12. The molecule has 3 aromatic carbocycles. The number of ether oxygens (including phenoxy) is 1. The Morgan fingerprint density at radius 1 is 1.00 bits per heavy atom. The molecule has 0 heterocycles. The molecule has 1 N–H and O–H groups in total. The van der Waals surface area contributed by atoms with Crippen molar-refractivity contribution in [3.63, 3.8) is 0 Å². The van der Waals surface area contributed by atoms with Gasteiger partial charge in [-0.05, 0) is 37.3 Å². The minimum atomic E-state index is -3.73. The largest absolute Gasteiger partial charge is 0.488 e. The predicted octanol–water partition coefficient (Wildman–Crippen LogP) is 4.54. The van der Waals surface area contributed by atoms with Gasteiger partial charge in [-0.3, -0.25) is 0 Å². The Morgan fingerprint density at radius 3 is 2.43 bits per heavy atom. The molecule has 0 aliphatic carbocycles. The Labute approximate surface area is 169 Å². The molecular weight excluding hydrogens is 396 g/mol. The number of nitrogens with one attached hydrogen (secondary N) is 1.